The molecule has 0 heterocycles. The summed E-state index contributed by atoms with van der Waals surface area (Å²) in [5.74, 6) is -1.54. The zero-order valence-corrected chi connectivity index (χ0v) is 21.9. The first-order valence-electron chi connectivity index (χ1n) is 11.7. The Morgan fingerprint density at radius 2 is 1.77 bits per heavy atom. The van der Waals surface area contributed by atoms with Gasteiger partial charge in [-0.05, 0) is 66.0 Å². The molecule has 1 aromatic carbocycles. The van der Waals surface area contributed by atoms with Crippen molar-refractivity contribution in [1.82, 2.24) is 15.5 Å². The fourth-order valence-corrected chi connectivity index (χ4v) is 3.60. The van der Waals surface area contributed by atoms with Crippen molar-refractivity contribution < 1.29 is 23.9 Å². The lowest BCUT2D eigenvalue weighted by atomic mass is 9.96. The second kappa shape index (κ2) is 12.9. The van der Waals surface area contributed by atoms with Gasteiger partial charge in [-0.1, -0.05) is 29.8 Å². The van der Waals surface area contributed by atoms with Gasteiger partial charge < -0.3 is 26.0 Å². The van der Waals surface area contributed by atoms with E-state index in [9.17, 15) is 19.2 Å². The summed E-state index contributed by atoms with van der Waals surface area (Å²) in [5, 5.41) is 5.44. The number of amides is 4. The van der Waals surface area contributed by atoms with E-state index >= 15 is 0 Å². The summed E-state index contributed by atoms with van der Waals surface area (Å²) in [5.41, 5.74) is 7.02. The van der Waals surface area contributed by atoms with E-state index in [2.05, 4.69) is 17.2 Å². The van der Waals surface area contributed by atoms with Crippen molar-refractivity contribution in [3.05, 3.63) is 47.5 Å². The van der Waals surface area contributed by atoms with Crippen molar-refractivity contribution in [2.24, 2.45) is 5.73 Å². The van der Waals surface area contributed by atoms with Crippen LogP contribution in [0.4, 0.5) is 4.79 Å². The molecule has 0 saturated carbocycles. The Labute approximate surface area is 208 Å². The van der Waals surface area contributed by atoms with Crippen LogP contribution in [0.5, 0.6) is 0 Å². The molecule has 0 spiro atoms. The molecule has 1 rings (SSSR count). The molecule has 1 aromatic rings. The number of carbonyl (C=O) groups is 4. The van der Waals surface area contributed by atoms with Gasteiger partial charge in [0.25, 0.3) is 0 Å². The Morgan fingerprint density at radius 3 is 2.26 bits per heavy atom. The Balaban J connectivity index is 3.50. The summed E-state index contributed by atoms with van der Waals surface area (Å²) in [6.07, 6.45) is 0.511. The summed E-state index contributed by atoms with van der Waals surface area (Å²) in [7, 11) is 0. The molecule has 0 radical (unpaired) electrons. The predicted octanol–water partition coefficient (Wildman–Crippen LogP) is 3.04. The summed E-state index contributed by atoms with van der Waals surface area (Å²) in [4.78, 5) is 52.5. The molecule has 194 valence electrons. The van der Waals surface area contributed by atoms with E-state index < -0.39 is 35.6 Å². The van der Waals surface area contributed by atoms with Gasteiger partial charge in [0.15, 0.2) is 0 Å². The van der Waals surface area contributed by atoms with Gasteiger partial charge in [0.2, 0.25) is 17.7 Å². The van der Waals surface area contributed by atoms with E-state index in [-0.39, 0.29) is 31.3 Å². The zero-order chi connectivity index (χ0) is 26.9. The van der Waals surface area contributed by atoms with Gasteiger partial charge in [0.1, 0.15) is 17.7 Å². The first kappa shape index (κ1) is 29.7. The summed E-state index contributed by atoms with van der Waals surface area (Å²) < 4.78 is 5.31. The fraction of sp³-hybridized carbons (Fsp3) is 0.538. The molecule has 0 aliphatic rings. The van der Waals surface area contributed by atoms with Crippen LogP contribution in [0.2, 0.25) is 0 Å². The van der Waals surface area contributed by atoms with E-state index in [0.29, 0.717) is 5.56 Å². The molecule has 9 heteroatoms. The normalized spacial score (nSPS) is 12.9. The molecule has 2 atom stereocenters. The van der Waals surface area contributed by atoms with Crippen LogP contribution in [0.15, 0.2) is 30.9 Å². The number of rotatable bonds is 11. The van der Waals surface area contributed by atoms with Crippen LogP contribution in [-0.2, 0) is 19.1 Å². The zero-order valence-electron chi connectivity index (χ0n) is 21.9. The Kier molecular flexibility index (Phi) is 11.0. The molecular weight excluding hydrogens is 448 g/mol. The Hall–Kier alpha value is -3.36. The molecule has 0 saturated heterocycles. The second-order valence-electron chi connectivity index (χ2n) is 9.91. The van der Waals surface area contributed by atoms with Crippen LogP contribution in [-0.4, -0.2) is 52.9 Å². The number of alkyl carbamates (subject to hydrolysis) is 1. The molecule has 9 nitrogen and oxygen atoms in total. The molecule has 2 unspecified atom stereocenters. The van der Waals surface area contributed by atoms with E-state index in [1.54, 1.807) is 20.8 Å². The van der Waals surface area contributed by atoms with Gasteiger partial charge >= 0.3 is 6.09 Å². The number of nitrogens with zero attached hydrogens (tertiary/aromatic N) is 1. The van der Waals surface area contributed by atoms with Crippen LogP contribution in [0.25, 0.3) is 0 Å². The van der Waals surface area contributed by atoms with Gasteiger partial charge in [-0.15, -0.1) is 6.58 Å². The Morgan fingerprint density at radius 1 is 1.14 bits per heavy atom. The quantitative estimate of drug-likeness (QED) is 0.412. The van der Waals surface area contributed by atoms with Crippen molar-refractivity contribution in [3.63, 3.8) is 0 Å². The molecule has 35 heavy (non-hydrogen) atoms. The predicted molar refractivity (Wildman–Crippen MR) is 135 cm³/mol. The fourth-order valence-electron chi connectivity index (χ4n) is 3.60. The second-order valence-corrected chi connectivity index (χ2v) is 9.91. The van der Waals surface area contributed by atoms with Gasteiger partial charge in [-0.2, -0.15) is 0 Å². The maximum Gasteiger partial charge on any atom is 0.408 e. The lowest BCUT2D eigenvalue weighted by Crippen LogP contribution is -2.53. The molecule has 0 aliphatic carbocycles. The number of primary amides is 1. The first-order valence-corrected chi connectivity index (χ1v) is 11.7. The number of ether oxygens (including phenoxy) is 1. The summed E-state index contributed by atoms with van der Waals surface area (Å²) >= 11 is 0. The summed E-state index contributed by atoms with van der Waals surface area (Å²) in [6, 6.07) is 3.33. The third-order valence-electron chi connectivity index (χ3n) is 4.99. The summed E-state index contributed by atoms with van der Waals surface area (Å²) in [6.45, 7) is 16.3. The number of hydrogen-bond donors (Lipinski definition) is 3. The average molecular weight is 489 g/mol. The van der Waals surface area contributed by atoms with Gasteiger partial charge in [0, 0.05) is 19.0 Å². The largest absolute Gasteiger partial charge is 0.444 e. The lowest BCUT2D eigenvalue weighted by Gasteiger charge is -2.35. The molecule has 4 amide bonds. The van der Waals surface area contributed by atoms with E-state index in [1.807, 2.05) is 45.9 Å². The minimum Gasteiger partial charge on any atom is -0.444 e. The third kappa shape index (κ3) is 9.80. The number of nitrogens with one attached hydrogen (secondary N) is 2. The SMILES string of the molecule is C=CCN(C(=O)C(CCC(N)=O)NC(=O)OC(C)(C)C)C(C(=O)NC(C)C)c1ccc(C)cc1C. The topological polar surface area (TPSA) is 131 Å². The van der Waals surface area contributed by atoms with Crippen molar-refractivity contribution in [1.29, 1.82) is 0 Å². The van der Waals surface area contributed by atoms with Gasteiger partial charge in [0.05, 0.1) is 0 Å². The van der Waals surface area contributed by atoms with Crippen LogP contribution < -0.4 is 16.4 Å². The van der Waals surface area contributed by atoms with Gasteiger partial charge in [-0.3, -0.25) is 14.4 Å². The molecule has 4 N–H and O–H groups in total. The van der Waals surface area contributed by atoms with Crippen molar-refractivity contribution in [2.45, 2.75) is 85.0 Å². The highest BCUT2D eigenvalue weighted by molar-refractivity contribution is 5.92. The molecule has 0 aliphatic heterocycles. The number of carbonyl (C=O) groups excluding carboxylic acids is 4. The maximum atomic E-state index is 13.8. The molecule has 0 fully saturated rings. The van der Waals surface area contributed by atoms with Crippen molar-refractivity contribution >= 4 is 23.8 Å². The van der Waals surface area contributed by atoms with Crippen molar-refractivity contribution in [2.75, 3.05) is 6.54 Å². The highest BCUT2D eigenvalue weighted by Gasteiger charge is 2.36. The van der Waals surface area contributed by atoms with Crippen LogP contribution >= 0.6 is 0 Å². The maximum absolute atomic E-state index is 13.8. The highest BCUT2D eigenvalue weighted by atomic mass is 16.6. The van der Waals surface area contributed by atoms with E-state index in [0.717, 1.165) is 11.1 Å². The smallest absolute Gasteiger partial charge is 0.408 e. The number of hydrogen-bond acceptors (Lipinski definition) is 5. The Bertz CT molecular complexity index is 936. The van der Waals surface area contributed by atoms with Crippen LogP contribution in [0, 0.1) is 13.8 Å². The van der Waals surface area contributed by atoms with E-state index in [1.165, 1.54) is 11.0 Å². The molecular formula is C26H40N4O5. The number of aryl methyl sites for hydroxylation is 2. The minimum atomic E-state index is -1.14. The van der Waals surface area contributed by atoms with Crippen molar-refractivity contribution in [3.8, 4) is 0 Å². The van der Waals surface area contributed by atoms with E-state index in [4.69, 9.17) is 10.5 Å². The lowest BCUT2D eigenvalue weighted by molar-refractivity contribution is -0.142. The molecule has 0 aromatic heterocycles. The highest BCUT2D eigenvalue weighted by Crippen LogP contribution is 2.27. The third-order valence-corrected chi connectivity index (χ3v) is 4.99. The molecule has 0 bridgehead atoms. The van der Waals surface area contributed by atoms with Crippen LogP contribution in [0.3, 0.4) is 0 Å². The minimum absolute atomic E-state index is 0.0331. The van der Waals surface area contributed by atoms with Gasteiger partial charge in [-0.25, -0.2) is 4.79 Å². The monoisotopic (exact) mass is 488 g/mol. The average Bonchev–Trinajstić information content (AvgIpc) is 2.69. The van der Waals surface area contributed by atoms with Crippen LogP contribution in [0.1, 0.15) is 70.2 Å². The first-order chi connectivity index (χ1) is 16.2. The standard InChI is InChI=1S/C26H40N4O5/c1-9-14-30(22(23(32)28-16(2)3)19-11-10-17(4)15-18(19)5)24(33)20(12-13-21(27)31)29-25(34)35-26(6,7)8/h9-11,15-16,20,22H,1,12-14H2,2-8H3,(H2,27,31)(H,28,32)(H,29,34). The number of nitrogens with two attached hydrogens (primary N) is 1. The number of benzene rings is 1.